The molecule has 21 heavy (non-hydrogen) atoms. The van der Waals surface area contributed by atoms with Crippen LogP contribution in [0.2, 0.25) is 5.02 Å². The first kappa shape index (κ1) is 16.1. The normalized spacial score (nSPS) is 17.3. The van der Waals surface area contributed by atoms with Gasteiger partial charge in [-0.1, -0.05) is 17.7 Å². The Balaban J connectivity index is 2.03. The molecular weight excluding hydrogens is 292 g/mol. The van der Waals surface area contributed by atoms with Gasteiger partial charge in [-0.15, -0.1) is 0 Å². The molecule has 1 aliphatic heterocycles. The summed E-state index contributed by atoms with van der Waals surface area (Å²) in [4.78, 5) is 12.5. The molecule has 1 heterocycles. The van der Waals surface area contributed by atoms with Crippen molar-refractivity contribution in [2.75, 3.05) is 26.9 Å². The predicted molar refractivity (Wildman–Crippen MR) is 81.4 cm³/mol. The van der Waals surface area contributed by atoms with E-state index in [1.54, 1.807) is 19.2 Å². The lowest BCUT2D eigenvalue weighted by molar-refractivity contribution is -0.136. The summed E-state index contributed by atoms with van der Waals surface area (Å²) in [6.45, 7) is 1.88. The van der Waals surface area contributed by atoms with Crippen molar-refractivity contribution >= 4 is 17.5 Å². The van der Waals surface area contributed by atoms with Crippen LogP contribution in [-0.2, 0) is 16.1 Å². The Labute approximate surface area is 129 Å². The Morgan fingerprint density at radius 2 is 2.19 bits per heavy atom. The fourth-order valence-corrected chi connectivity index (χ4v) is 2.68. The van der Waals surface area contributed by atoms with Crippen molar-refractivity contribution in [1.82, 2.24) is 5.32 Å². The van der Waals surface area contributed by atoms with Crippen LogP contribution in [0.4, 0.5) is 0 Å². The second kappa shape index (κ2) is 7.11. The van der Waals surface area contributed by atoms with Crippen LogP contribution in [-0.4, -0.2) is 32.8 Å². The van der Waals surface area contributed by atoms with Gasteiger partial charge in [-0.25, -0.2) is 0 Å². The summed E-state index contributed by atoms with van der Waals surface area (Å²) >= 11 is 5.93. The lowest BCUT2D eigenvalue weighted by Gasteiger charge is -2.34. The molecule has 5 nitrogen and oxygen atoms in total. The van der Waals surface area contributed by atoms with Crippen LogP contribution in [0.25, 0.3) is 0 Å². The van der Waals surface area contributed by atoms with E-state index < -0.39 is 5.41 Å². The van der Waals surface area contributed by atoms with Crippen molar-refractivity contribution in [3.63, 3.8) is 0 Å². The van der Waals surface area contributed by atoms with Gasteiger partial charge in [0, 0.05) is 36.9 Å². The first-order valence-electron chi connectivity index (χ1n) is 7.00. The van der Waals surface area contributed by atoms with Gasteiger partial charge < -0.3 is 20.5 Å². The lowest BCUT2D eigenvalue weighted by atomic mass is 9.79. The molecule has 0 atom stereocenters. The van der Waals surface area contributed by atoms with E-state index in [1.165, 1.54) is 0 Å². The zero-order chi connectivity index (χ0) is 15.3. The summed E-state index contributed by atoms with van der Waals surface area (Å²) in [5.41, 5.74) is 6.19. The van der Waals surface area contributed by atoms with Crippen LogP contribution in [0.15, 0.2) is 18.2 Å². The average Bonchev–Trinajstić information content (AvgIpc) is 2.53. The predicted octanol–water partition coefficient (Wildman–Crippen LogP) is 1.72. The zero-order valence-electron chi connectivity index (χ0n) is 12.2. The molecule has 0 aromatic heterocycles. The number of carbonyl (C=O) groups excluding carboxylic acids is 1. The summed E-state index contributed by atoms with van der Waals surface area (Å²) in [7, 11) is 1.58. The summed E-state index contributed by atoms with van der Waals surface area (Å²) in [6.07, 6.45) is 1.32. The first-order chi connectivity index (χ1) is 10.1. The smallest absolute Gasteiger partial charge is 0.227 e. The van der Waals surface area contributed by atoms with Gasteiger partial charge in [0.2, 0.25) is 5.91 Å². The van der Waals surface area contributed by atoms with Crippen LogP contribution in [0.3, 0.4) is 0 Å². The van der Waals surface area contributed by atoms with Crippen LogP contribution in [0.1, 0.15) is 18.4 Å². The number of hydrogen-bond acceptors (Lipinski definition) is 4. The van der Waals surface area contributed by atoms with Crippen LogP contribution >= 0.6 is 11.6 Å². The van der Waals surface area contributed by atoms with Gasteiger partial charge in [0.25, 0.3) is 0 Å². The Bertz CT molecular complexity index is 502. The molecule has 0 bridgehead atoms. The number of benzene rings is 1. The highest BCUT2D eigenvalue weighted by Gasteiger charge is 2.38. The number of halogens is 1. The highest BCUT2D eigenvalue weighted by atomic mass is 35.5. The maximum atomic E-state index is 12.5. The molecule has 6 heteroatoms. The van der Waals surface area contributed by atoms with E-state index >= 15 is 0 Å². The number of carbonyl (C=O) groups is 1. The molecule has 1 amide bonds. The number of amides is 1. The van der Waals surface area contributed by atoms with Gasteiger partial charge in [0.15, 0.2) is 0 Å². The fraction of sp³-hybridized carbons (Fsp3) is 0.533. The van der Waals surface area contributed by atoms with Crippen molar-refractivity contribution in [3.8, 4) is 5.75 Å². The molecule has 1 aromatic carbocycles. The number of hydrogen-bond donors (Lipinski definition) is 2. The second-order valence-electron chi connectivity index (χ2n) is 5.24. The Morgan fingerprint density at radius 3 is 2.81 bits per heavy atom. The second-order valence-corrected chi connectivity index (χ2v) is 5.67. The molecule has 0 spiro atoms. The minimum Gasteiger partial charge on any atom is -0.496 e. The molecule has 3 N–H and O–H groups in total. The molecule has 1 aliphatic rings. The van der Waals surface area contributed by atoms with Gasteiger partial charge in [-0.3, -0.25) is 4.79 Å². The summed E-state index contributed by atoms with van der Waals surface area (Å²) in [5, 5.41) is 3.56. The Morgan fingerprint density at radius 1 is 1.48 bits per heavy atom. The maximum Gasteiger partial charge on any atom is 0.227 e. The van der Waals surface area contributed by atoms with Crippen molar-refractivity contribution in [2.45, 2.75) is 19.4 Å². The van der Waals surface area contributed by atoms with E-state index in [9.17, 15) is 4.79 Å². The van der Waals surface area contributed by atoms with Gasteiger partial charge in [-0.05, 0) is 25.0 Å². The molecule has 1 saturated heterocycles. The minimum absolute atomic E-state index is 0.0229. The molecule has 1 aromatic rings. The fourth-order valence-electron chi connectivity index (χ4n) is 2.51. The highest BCUT2D eigenvalue weighted by molar-refractivity contribution is 6.30. The van der Waals surface area contributed by atoms with E-state index in [1.807, 2.05) is 6.07 Å². The van der Waals surface area contributed by atoms with E-state index in [0.29, 0.717) is 49.9 Å². The summed E-state index contributed by atoms with van der Waals surface area (Å²) in [6, 6.07) is 5.36. The van der Waals surface area contributed by atoms with Crippen molar-refractivity contribution in [3.05, 3.63) is 28.8 Å². The number of methoxy groups -OCH3 is 1. The molecular formula is C15H21ClN2O3. The zero-order valence-corrected chi connectivity index (χ0v) is 12.9. The first-order valence-corrected chi connectivity index (χ1v) is 7.37. The van der Waals surface area contributed by atoms with Gasteiger partial charge in [0.05, 0.1) is 12.5 Å². The largest absolute Gasteiger partial charge is 0.496 e. The number of nitrogens with two attached hydrogens (primary N) is 1. The van der Waals surface area contributed by atoms with E-state index in [2.05, 4.69) is 5.32 Å². The number of rotatable bonds is 5. The minimum atomic E-state index is -0.516. The van der Waals surface area contributed by atoms with Crippen molar-refractivity contribution < 1.29 is 14.3 Å². The number of ether oxygens (including phenoxy) is 2. The molecule has 0 saturated carbocycles. The Hall–Kier alpha value is -1.30. The van der Waals surface area contributed by atoms with Crippen molar-refractivity contribution in [1.29, 1.82) is 0 Å². The highest BCUT2D eigenvalue weighted by Crippen LogP contribution is 2.30. The molecule has 0 unspecified atom stereocenters. The van der Waals surface area contributed by atoms with E-state index in [0.717, 1.165) is 5.56 Å². The third-order valence-corrected chi connectivity index (χ3v) is 4.25. The molecule has 116 valence electrons. The quantitative estimate of drug-likeness (QED) is 0.868. The maximum absolute atomic E-state index is 12.5. The SMILES string of the molecule is COc1cc(Cl)ccc1CNC(=O)C1(CN)CCOCC1. The molecule has 1 fully saturated rings. The van der Waals surface area contributed by atoms with Gasteiger partial charge in [-0.2, -0.15) is 0 Å². The summed E-state index contributed by atoms with van der Waals surface area (Å²) < 4.78 is 10.6. The third kappa shape index (κ3) is 3.67. The van der Waals surface area contributed by atoms with E-state index in [4.69, 9.17) is 26.8 Å². The van der Waals surface area contributed by atoms with Gasteiger partial charge in [0.1, 0.15) is 5.75 Å². The number of nitrogens with one attached hydrogen (secondary N) is 1. The third-order valence-electron chi connectivity index (χ3n) is 4.01. The van der Waals surface area contributed by atoms with Crippen LogP contribution in [0.5, 0.6) is 5.75 Å². The average molecular weight is 313 g/mol. The van der Waals surface area contributed by atoms with Crippen molar-refractivity contribution in [2.24, 2.45) is 11.1 Å². The van der Waals surface area contributed by atoms with Crippen LogP contribution < -0.4 is 15.8 Å². The standard InChI is InChI=1S/C15H21ClN2O3/c1-20-13-8-12(16)3-2-11(13)9-18-14(19)15(10-17)4-6-21-7-5-15/h2-3,8H,4-7,9-10,17H2,1H3,(H,18,19). The van der Waals surface area contributed by atoms with Gasteiger partial charge >= 0.3 is 0 Å². The Kier molecular flexibility index (Phi) is 5.45. The molecule has 0 aliphatic carbocycles. The van der Waals surface area contributed by atoms with Crippen LogP contribution in [0, 0.1) is 5.41 Å². The monoisotopic (exact) mass is 312 g/mol. The lowest BCUT2D eigenvalue weighted by Crippen LogP contribution is -2.49. The molecule has 2 rings (SSSR count). The molecule has 0 radical (unpaired) electrons. The van der Waals surface area contributed by atoms with E-state index in [-0.39, 0.29) is 5.91 Å². The topological polar surface area (TPSA) is 73.6 Å². The summed E-state index contributed by atoms with van der Waals surface area (Å²) in [5.74, 6) is 0.641.